The van der Waals surface area contributed by atoms with Crippen molar-refractivity contribution in [3.8, 4) is 0 Å². The highest BCUT2D eigenvalue weighted by Gasteiger charge is 2.23. The second-order valence-corrected chi connectivity index (χ2v) is 7.23. The molecule has 2 fully saturated rings. The van der Waals surface area contributed by atoms with Crippen molar-refractivity contribution in [1.29, 1.82) is 0 Å². The van der Waals surface area contributed by atoms with Gasteiger partial charge in [-0.05, 0) is 40.3 Å². The standard InChI is InChI=1S/C17H36N4O/c1-16(2)20-6-4-5-19(9-10-20)15-17(3)21-11-7-18(8-12-21)13-14-22/h16-17,22H,4-15H2,1-3H3. The molecule has 22 heavy (non-hydrogen) atoms. The van der Waals surface area contributed by atoms with E-state index in [1.54, 1.807) is 0 Å². The fourth-order valence-corrected chi connectivity index (χ4v) is 3.75. The van der Waals surface area contributed by atoms with Gasteiger partial charge >= 0.3 is 0 Å². The molecule has 0 bridgehead atoms. The van der Waals surface area contributed by atoms with Crippen molar-refractivity contribution < 1.29 is 5.11 Å². The normalized spacial score (nSPS) is 25.5. The number of nitrogens with zero attached hydrogens (tertiary/aromatic N) is 4. The van der Waals surface area contributed by atoms with Crippen LogP contribution in [-0.4, -0.2) is 109 Å². The van der Waals surface area contributed by atoms with Crippen LogP contribution in [0.1, 0.15) is 27.2 Å². The largest absolute Gasteiger partial charge is 0.395 e. The van der Waals surface area contributed by atoms with Gasteiger partial charge in [-0.15, -0.1) is 0 Å². The lowest BCUT2D eigenvalue weighted by Crippen LogP contribution is -2.53. The highest BCUT2D eigenvalue weighted by molar-refractivity contribution is 4.80. The van der Waals surface area contributed by atoms with E-state index in [0.717, 1.165) is 32.7 Å². The first-order valence-electron chi connectivity index (χ1n) is 9.14. The van der Waals surface area contributed by atoms with Gasteiger partial charge in [-0.1, -0.05) is 0 Å². The van der Waals surface area contributed by atoms with Gasteiger partial charge in [0.1, 0.15) is 0 Å². The molecule has 0 saturated carbocycles. The highest BCUT2D eigenvalue weighted by Crippen LogP contribution is 2.11. The maximum absolute atomic E-state index is 9.03. The minimum atomic E-state index is 0.287. The van der Waals surface area contributed by atoms with Crippen molar-refractivity contribution in [1.82, 2.24) is 19.6 Å². The molecule has 2 rings (SSSR count). The summed E-state index contributed by atoms with van der Waals surface area (Å²) in [7, 11) is 0. The van der Waals surface area contributed by atoms with Crippen LogP contribution in [-0.2, 0) is 0 Å². The Hall–Kier alpha value is -0.200. The minimum absolute atomic E-state index is 0.287. The molecule has 1 N–H and O–H groups in total. The van der Waals surface area contributed by atoms with Gasteiger partial charge in [0.2, 0.25) is 0 Å². The molecule has 0 spiro atoms. The quantitative estimate of drug-likeness (QED) is 0.768. The van der Waals surface area contributed by atoms with Crippen molar-refractivity contribution in [3.63, 3.8) is 0 Å². The molecule has 130 valence electrons. The van der Waals surface area contributed by atoms with E-state index in [1.807, 2.05) is 0 Å². The first-order chi connectivity index (χ1) is 10.6. The summed E-state index contributed by atoms with van der Waals surface area (Å²) >= 11 is 0. The Morgan fingerprint density at radius 2 is 1.41 bits per heavy atom. The van der Waals surface area contributed by atoms with Crippen molar-refractivity contribution >= 4 is 0 Å². The first kappa shape index (κ1) is 18.1. The van der Waals surface area contributed by atoms with Crippen molar-refractivity contribution in [2.75, 3.05) is 72.1 Å². The molecule has 2 aliphatic heterocycles. The number of hydrogen-bond acceptors (Lipinski definition) is 5. The Bertz CT molecular complexity index is 305. The van der Waals surface area contributed by atoms with Crippen LogP contribution in [0.4, 0.5) is 0 Å². The molecular formula is C17H36N4O. The zero-order valence-corrected chi connectivity index (χ0v) is 14.9. The topological polar surface area (TPSA) is 33.2 Å². The third kappa shape index (κ3) is 5.46. The molecule has 2 saturated heterocycles. The molecule has 1 atom stereocenters. The number of aliphatic hydroxyl groups is 1. The molecule has 5 nitrogen and oxygen atoms in total. The van der Waals surface area contributed by atoms with E-state index in [0.29, 0.717) is 12.1 Å². The molecule has 0 aliphatic carbocycles. The third-order valence-electron chi connectivity index (χ3n) is 5.32. The number of piperazine rings is 1. The van der Waals surface area contributed by atoms with Gasteiger partial charge in [-0.3, -0.25) is 14.7 Å². The Labute approximate surface area is 136 Å². The maximum Gasteiger partial charge on any atom is 0.0558 e. The zero-order chi connectivity index (χ0) is 15.9. The molecule has 5 heteroatoms. The summed E-state index contributed by atoms with van der Waals surface area (Å²) in [6.07, 6.45) is 1.30. The molecule has 2 heterocycles. The van der Waals surface area contributed by atoms with E-state index in [4.69, 9.17) is 5.11 Å². The van der Waals surface area contributed by atoms with E-state index < -0.39 is 0 Å². The summed E-state index contributed by atoms with van der Waals surface area (Å²) in [5.74, 6) is 0. The van der Waals surface area contributed by atoms with Crippen LogP contribution in [0.3, 0.4) is 0 Å². The first-order valence-corrected chi connectivity index (χ1v) is 9.14. The summed E-state index contributed by atoms with van der Waals surface area (Å²) in [6.45, 7) is 18.8. The lowest BCUT2D eigenvalue weighted by Gasteiger charge is -2.39. The van der Waals surface area contributed by atoms with Gasteiger partial charge in [-0.2, -0.15) is 0 Å². The number of hydrogen-bond donors (Lipinski definition) is 1. The fraction of sp³-hybridized carbons (Fsp3) is 1.00. The van der Waals surface area contributed by atoms with Crippen LogP contribution in [0.25, 0.3) is 0 Å². The van der Waals surface area contributed by atoms with Crippen molar-refractivity contribution in [2.24, 2.45) is 0 Å². The second-order valence-electron chi connectivity index (χ2n) is 7.23. The van der Waals surface area contributed by atoms with Gasteiger partial charge in [0.05, 0.1) is 6.61 Å². The van der Waals surface area contributed by atoms with Gasteiger partial charge < -0.3 is 10.0 Å². The average Bonchev–Trinajstić information content (AvgIpc) is 2.74. The van der Waals surface area contributed by atoms with Gasteiger partial charge in [0, 0.05) is 64.4 Å². The van der Waals surface area contributed by atoms with Crippen LogP contribution in [0.5, 0.6) is 0 Å². The lowest BCUT2D eigenvalue weighted by atomic mass is 10.2. The molecule has 0 aromatic heterocycles. The second kappa shape index (κ2) is 9.18. The number of aliphatic hydroxyl groups excluding tert-OH is 1. The van der Waals surface area contributed by atoms with Crippen molar-refractivity contribution in [2.45, 2.75) is 39.3 Å². The Morgan fingerprint density at radius 1 is 0.773 bits per heavy atom. The van der Waals surface area contributed by atoms with Crippen LogP contribution >= 0.6 is 0 Å². The van der Waals surface area contributed by atoms with Gasteiger partial charge in [0.15, 0.2) is 0 Å². The molecule has 0 aromatic carbocycles. The smallest absolute Gasteiger partial charge is 0.0558 e. The zero-order valence-electron chi connectivity index (χ0n) is 14.9. The summed E-state index contributed by atoms with van der Waals surface area (Å²) in [6, 6.07) is 1.32. The van der Waals surface area contributed by atoms with Gasteiger partial charge in [0.25, 0.3) is 0 Å². The van der Waals surface area contributed by atoms with E-state index >= 15 is 0 Å². The van der Waals surface area contributed by atoms with E-state index in [9.17, 15) is 0 Å². The van der Waals surface area contributed by atoms with Crippen LogP contribution in [0, 0.1) is 0 Å². The Kier molecular flexibility index (Phi) is 7.57. The van der Waals surface area contributed by atoms with E-state index in [2.05, 4.69) is 40.4 Å². The fourth-order valence-electron chi connectivity index (χ4n) is 3.75. The number of rotatable bonds is 6. The molecule has 0 radical (unpaired) electrons. The van der Waals surface area contributed by atoms with Crippen LogP contribution < -0.4 is 0 Å². The minimum Gasteiger partial charge on any atom is -0.395 e. The Morgan fingerprint density at radius 3 is 2.05 bits per heavy atom. The molecule has 1 unspecified atom stereocenters. The molecule has 0 aromatic rings. The SMILES string of the molecule is CC(C)N1CCCN(CC(C)N2CCN(CCO)CC2)CC1. The summed E-state index contributed by atoms with van der Waals surface area (Å²) in [4.78, 5) is 10.3. The Balaban J connectivity index is 1.72. The molecular weight excluding hydrogens is 276 g/mol. The van der Waals surface area contributed by atoms with E-state index in [-0.39, 0.29) is 6.61 Å². The van der Waals surface area contributed by atoms with Gasteiger partial charge in [-0.25, -0.2) is 0 Å². The average molecular weight is 313 g/mol. The predicted octanol–water partition coefficient (Wildman–Crippen LogP) is 0.401. The highest BCUT2D eigenvalue weighted by atomic mass is 16.3. The molecule has 0 amide bonds. The van der Waals surface area contributed by atoms with Crippen molar-refractivity contribution in [3.05, 3.63) is 0 Å². The van der Waals surface area contributed by atoms with Crippen LogP contribution in [0.2, 0.25) is 0 Å². The predicted molar refractivity (Wildman–Crippen MR) is 92.3 cm³/mol. The summed E-state index contributed by atoms with van der Waals surface area (Å²) in [5.41, 5.74) is 0. The lowest BCUT2D eigenvalue weighted by molar-refractivity contribution is 0.0732. The number of β-amino-alcohol motifs (C(OH)–C–C–N with tert-alkyl or cyclic N) is 1. The summed E-state index contributed by atoms with van der Waals surface area (Å²) < 4.78 is 0. The third-order valence-corrected chi connectivity index (χ3v) is 5.32. The summed E-state index contributed by atoms with van der Waals surface area (Å²) in [5, 5.41) is 9.03. The monoisotopic (exact) mass is 312 g/mol. The van der Waals surface area contributed by atoms with E-state index in [1.165, 1.54) is 39.1 Å². The maximum atomic E-state index is 9.03. The molecule has 2 aliphatic rings. The van der Waals surface area contributed by atoms with Crippen LogP contribution in [0.15, 0.2) is 0 Å².